The van der Waals surface area contributed by atoms with Gasteiger partial charge in [0.15, 0.2) is 5.82 Å². The van der Waals surface area contributed by atoms with Gasteiger partial charge in [-0.3, -0.25) is 4.79 Å². The third-order valence-corrected chi connectivity index (χ3v) is 3.07. The SMILES string of the molecule is CCCC(N)C(=O)Nc1ccccc1-c1nncn1C. The first-order chi connectivity index (χ1) is 9.63. The van der Waals surface area contributed by atoms with Crippen molar-refractivity contribution < 1.29 is 4.79 Å². The Morgan fingerprint density at radius 1 is 1.45 bits per heavy atom. The maximum Gasteiger partial charge on any atom is 0.241 e. The second-order valence-electron chi connectivity index (χ2n) is 4.70. The molecule has 1 aromatic heterocycles. The van der Waals surface area contributed by atoms with Crippen molar-refractivity contribution in [2.75, 3.05) is 5.32 Å². The molecule has 2 aromatic rings. The molecule has 0 bridgehead atoms. The lowest BCUT2D eigenvalue weighted by Gasteiger charge is -2.14. The van der Waals surface area contributed by atoms with Crippen molar-refractivity contribution in [3.8, 4) is 11.4 Å². The average molecular weight is 273 g/mol. The normalized spacial score (nSPS) is 12.2. The maximum atomic E-state index is 12.0. The molecule has 1 amide bonds. The molecule has 20 heavy (non-hydrogen) atoms. The molecule has 1 unspecified atom stereocenters. The third-order valence-electron chi connectivity index (χ3n) is 3.07. The van der Waals surface area contributed by atoms with Crippen LogP contribution in [0.2, 0.25) is 0 Å². The second-order valence-corrected chi connectivity index (χ2v) is 4.70. The minimum atomic E-state index is -0.493. The van der Waals surface area contributed by atoms with Gasteiger partial charge in [-0.15, -0.1) is 10.2 Å². The monoisotopic (exact) mass is 273 g/mol. The van der Waals surface area contributed by atoms with E-state index in [0.717, 1.165) is 12.0 Å². The lowest BCUT2D eigenvalue weighted by Crippen LogP contribution is -2.35. The number of para-hydroxylation sites is 1. The van der Waals surface area contributed by atoms with Gasteiger partial charge >= 0.3 is 0 Å². The van der Waals surface area contributed by atoms with Gasteiger partial charge in [-0.25, -0.2) is 0 Å². The zero-order valence-electron chi connectivity index (χ0n) is 11.7. The number of carbonyl (C=O) groups excluding carboxylic acids is 1. The summed E-state index contributed by atoms with van der Waals surface area (Å²) in [4.78, 5) is 12.0. The van der Waals surface area contributed by atoms with Gasteiger partial charge in [0.1, 0.15) is 6.33 Å². The summed E-state index contributed by atoms with van der Waals surface area (Å²) in [6, 6.07) is 6.99. The zero-order chi connectivity index (χ0) is 14.5. The molecule has 0 aliphatic rings. The number of amides is 1. The van der Waals surface area contributed by atoms with E-state index in [2.05, 4.69) is 15.5 Å². The highest BCUT2D eigenvalue weighted by Gasteiger charge is 2.16. The van der Waals surface area contributed by atoms with Crippen molar-refractivity contribution >= 4 is 11.6 Å². The average Bonchev–Trinajstić information content (AvgIpc) is 2.86. The van der Waals surface area contributed by atoms with E-state index in [1.54, 1.807) is 10.9 Å². The highest BCUT2D eigenvalue weighted by atomic mass is 16.2. The van der Waals surface area contributed by atoms with Crippen molar-refractivity contribution in [3.05, 3.63) is 30.6 Å². The highest BCUT2D eigenvalue weighted by Crippen LogP contribution is 2.25. The Labute approximate surface area is 118 Å². The quantitative estimate of drug-likeness (QED) is 0.865. The van der Waals surface area contributed by atoms with Crippen molar-refractivity contribution in [1.82, 2.24) is 14.8 Å². The number of nitrogens with one attached hydrogen (secondary N) is 1. The van der Waals surface area contributed by atoms with Crippen LogP contribution in [0.3, 0.4) is 0 Å². The van der Waals surface area contributed by atoms with E-state index in [0.29, 0.717) is 17.9 Å². The Balaban J connectivity index is 2.25. The van der Waals surface area contributed by atoms with Crippen LogP contribution in [-0.4, -0.2) is 26.7 Å². The minimum Gasteiger partial charge on any atom is -0.324 e. The van der Waals surface area contributed by atoms with Crippen LogP contribution < -0.4 is 11.1 Å². The summed E-state index contributed by atoms with van der Waals surface area (Å²) in [6.45, 7) is 2.00. The zero-order valence-corrected chi connectivity index (χ0v) is 11.7. The molecule has 6 heteroatoms. The Morgan fingerprint density at radius 3 is 2.85 bits per heavy atom. The van der Waals surface area contributed by atoms with Crippen LogP contribution in [0.4, 0.5) is 5.69 Å². The lowest BCUT2D eigenvalue weighted by molar-refractivity contribution is -0.117. The highest BCUT2D eigenvalue weighted by molar-refractivity contribution is 5.97. The fourth-order valence-corrected chi connectivity index (χ4v) is 1.98. The first-order valence-electron chi connectivity index (χ1n) is 6.63. The van der Waals surface area contributed by atoms with Gasteiger partial charge in [-0.05, 0) is 18.6 Å². The number of anilines is 1. The van der Waals surface area contributed by atoms with E-state index in [1.165, 1.54) is 0 Å². The largest absolute Gasteiger partial charge is 0.324 e. The number of nitrogens with two attached hydrogens (primary N) is 1. The van der Waals surface area contributed by atoms with Gasteiger partial charge in [0.2, 0.25) is 5.91 Å². The van der Waals surface area contributed by atoms with Crippen LogP contribution in [0.15, 0.2) is 30.6 Å². The first-order valence-corrected chi connectivity index (χ1v) is 6.63. The van der Waals surface area contributed by atoms with Crippen molar-refractivity contribution in [1.29, 1.82) is 0 Å². The third kappa shape index (κ3) is 3.03. The number of benzene rings is 1. The molecule has 0 saturated carbocycles. The lowest BCUT2D eigenvalue weighted by atomic mass is 10.1. The summed E-state index contributed by atoms with van der Waals surface area (Å²) in [7, 11) is 1.86. The molecule has 0 radical (unpaired) electrons. The van der Waals surface area contributed by atoms with Gasteiger partial charge in [0, 0.05) is 12.6 Å². The number of hydrogen-bond acceptors (Lipinski definition) is 4. The van der Waals surface area contributed by atoms with Crippen molar-refractivity contribution in [2.45, 2.75) is 25.8 Å². The molecule has 2 rings (SSSR count). The molecule has 1 heterocycles. The van der Waals surface area contributed by atoms with Crippen LogP contribution in [0.5, 0.6) is 0 Å². The number of nitrogens with zero attached hydrogens (tertiary/aromatic N) is 3. The molecular formula is C14H19N5O. The first kappa shape index (κ1) is 14.2. The molecule has 3 N–H and O–H groups in total. The Morgan fingerprint density at radius 2 is 2.20 bits per heavy atom. The molecular weight excluding hydrogens is 254 g/mol. The minimum absolute atomic E-state index is 0.179. The van der Waals surface area contributed by atoms with Gasteiger partial charge < -0.3 is 15.6 Å². The Bertz CT molecular complexity index is 593. The van der Waals surface area contributed by atoms with E-state index in [-0.39, 0.29) is 5.91 Å². The summed E-state index contributed by atoms with van der Waals surface area (Å²) in [5.41, 5.74) is 7.35. The maximum absolute atomic E-state index is 12.0. The fraction of sp³-hybridized carbons (Fsp3) is 0.357. The molecule has 106 valence electrons. The number of aryl methyl sites for hydroxylation is 1. The predicted octanol–water partition coefficient (Wildman–Crippen LogP) is 1.55. The van der Waals surface area contributed by atoms with E-state index >= 15 is 0 Å². The molecule has 0 aliphatic heterocycles. The van der Waals surface area contributed by atoms with E-state index in [9.17, 15) is 4.79 Å². The van der Waals surface area contributed by atoms with Gasteiger partial charge in [0.05, 0.1) is 11.7 Å². The summed E-state index contributed by atoms with van der Waals surface area (Å²) < 4.78 is 1.80. The predicted molar refractivity (Wildman–Crippen MR) is 78.0 cm³/mol. The Kier molecular flexibility index (Phi) is 4.47. The van der Waals surface area contributed by atoms with Crippen LogP contribution in [0, 0.1) is 0 Å². The van der Waals surface area contributed by atoms with E-state index in [1.807, 2.05) is 38.2 Å². The summed E-state index contributed by atoms with van der Waals surface area (Å²) in [5, 5.41) is 10.8. The summed E-state index contributed by atoms with van der Waals surface area (Å²) >= 11 is 0. The number of carbonyl (C=O) groups is 1. The molecule has 0 spiro atoms. The van der Waals surface area contributed by atoms with E-state index in [4.69, 9.17) is 5.73 Å². The van der Waals surface area contributed by atoms with Gasteiger partial charge in [-0.2, -0.15) is 0 Å². The molecule has 0 aliphatic carbocycles. The molecule has 0 fully saturated rings. The topological polar surface area (TPSA) is 85.8 Å². The standard InChI is InChI=1S/C14H19N5O/c1-3-6-11(15)14(20)17-12-8-5-4-7-10(12)13-18-16-9-19(13)2/h4-5,7-9,11H,3,6,15H2,1-2H3,(H,17,20). The van der Waals surface area contributed by atoms with Gasteiger partial charge in [0.25, 0.3) is 0 Å². The molecule has 1 atom stereocenters. The van der Waals surface area contributed by atoms with E-state index < -0.39 is 6.04 Å². The number of aromatic nitrogens is 3. The fourth-order valence-electron chi connectivity index (χ4n) is 1.98. The van der Waals surface area contributed by atoms with Crippen LogP contribution in [-0.2, 0) is 11.8 Å². The molecule has 0 saturated heterocycles. The van der Waals surface area contributed by atoms with Crippen LogP contribution in [0.25, 0.3) is 11.4 Å². The second kappa shape index (κ2) is 6.29. The van der Waals surface area contributed by atoms with Gasteiger partial charge in [-0.1, -0.05) is 25.5 Å². The number of rotatable bonds is 5. The summed E-state index contributed by atoms with van der Waals surface area (Å²) in [6.07, 6.45) is 3.16. The summed E-state index contributed by atoms with van der Waals surface area (Å²) in [5.74, 6) is 0.520. The molecule has 6 nitrogen and oxygen atoms in total. The van der Waals surface area contributed by atoms with Crippen molar-refractivity contribution in [3.63, 3.8) is 0 Å². The smallest absolute Gasteiger partial charge is 0.241 e. The Hall–Kier alpha value is -2.21. The van der Waals surface area contributed by atoms with Crippen molar-refractivity contribution in [2.24, 2.45) is 12.8 Å². The van der Waals surface area contributed by atoms with Crippen LogP contribution >= 0.6 is 0 Å². The molecule has 1 aromatic carbocycles. The number of hydrogen-bond donors (Lipinski definition) is 2. The van der Waals surface area contributed by atoms with Crippen LogP contribution in [0.1, 0.15) is 19.8 Å².